The van der Waals surface area contributed by atoms with Crippen molar-refractivity contribution < 1.29 is 59.3 Å². The van der Waals surface area contributed by atoms with E-state index in [1.54, 1.807) is 46.2 Å². The van der Waals surface area contributed by atoms with E-state index in [4.69, 9.17) is 4.74 Å². The largest absolute Gasteiger partial charge is 0.508 e. The number of hydrogen-bond acceptors (Lipinski definition) is 10. The van der Waals surface area contributed by atoms with Crippen LogP contribution in [0.1, 0.15) is 75.0 Å². The normalized spacial score (nSPS) is 14.0. The number of nitrogens with zero attached hydrogens (tertiary/aromatic N) is 2. The van der Waals surface area contributed by atoms with E-state index >= 15 is 0 Å². The van der Waals surface area contributed by atoms with Gasteiger partial charge in [0.2, 0.25) is 0 Å². The molecule has 6 N–H and O–H groups in total. The van der Waals surface area contributed by atoms with E-state index in [1.165, 1.54) is 12.1 Å². The van der Waals surface area contributed by atoms with Crippen molar-refractivity contribution >= 4 is 29.8 Å². The third kappa shape index (κ3) is 7.50. The first-order valence-electron chi connectivity index (χ1n) is 15.6. The lowest BCUT2D eigenvalue weighted by molar-refractivity contribution is -0.139. The second-order valence-corrected chi connectivity index (χ2v) is 12.2. The van der Waals surface area contributed by atoms with Crippen LogP contribution in [0.15, 0.2) is 48.5 Å². The Bertz CT molecular complexity index is 1690. The molecular formula is C35H36N2O12. The smallest absolute Gasteiger partial charge is 0.340 e. The van der Waals surface area contributed by atoms with Crippen LogP contribution in [0, 0.1) is 0 Å². The number of benzene rings is 3. The molecule has 2 aliphatic rings. The molecule has 0 unspecified atom stereocenters. The highest BCUT2D eigenvalue weighted by atomic mass is 16.6. The molecule has 0 aromatic heterocycles. The Kier molecular flexibility index (Phi) is 10.2. The SMILES string of the molecule is O=C(O)CCN(CCC(=O)O)Cc1cc2c(cc1O)Cc1cc(O)c(CN(CCC(=O)O)CCC(=O)O)cc1C21OC(=O)c2ccccc21. The quantitative estimate of drug-likeness (QED) is 0.120. The summed E-state index contributed by atoms with van der Waals surface area (Å²) in [6.45, 7) is 0.0889. The summed E-state index contributed by atoms with van der Waals surface area (Å²) in [7, 11) is 0. The summed E-state index contributed by atoms with van der Waals surface area (Å²) in [6, 6.07) is 13.2. The minimum Gasteiger partial charge on any atom is -0.508 e. The van der Waals surface area contributed by atoms with E-state index in [0.717, 1.165) is 0 Å². The van der Waals surface area contributed by atoms with E-state index in [-0.39, 0.29) is 82.9 Å². The molecule has 0 amide bonds. The molecular weight excluding hydrogens is 640 g/mol. The van der Waals surface area contributed by atoms with Crippen molar-refractivity contribution in [3.05, 3.63) is 93.0 Å². The monoisotopic (exact) mass is 676 g/mol. The maximum Gasteiger partial charge on any atom is 0.340 e. The van der Waals surface area contributed by atoms with Crippen molar-refractivity contribution in [1.29, 1.82) is 0 Å². The lowest BCUT2D eigenvalue weighted by Crippen LogP contribution is -2.36. The number of rotatable bonds is 16. The Morgan fingerprint density at radius 3 is 1.45 bits per heavy atom. The van der Waals surface area contributed by atoms with Crippen molar-refractivity contribution in [1.82, 2.24) is 9.80 Å². The van der Waals surface area contributed by atoms with Crippen LogP contribution in [0.2, 0.25) is 0 Å². The molecule has 5 rings (SSSR count). The predicted octanol–water partition coefficient (Wildman–Crippen LogP) is 2.97. The maximum absolute atomic E-state index is 13.5. The molecule has 0 saturated heterocycles. The Balaban J connectivity index is 1.63. The zero-order valence-corrected chi connectivity index (χ0v) is 26.4. The van der Waals surface area contributed by atoms with Gasteiger partial charge in [0.15, 0.2) is 5.60 Å². The van der Waals surface area contributed by atoms with Crippen LogP contribution in [0.5, 0.6) is 11.5 Å². The van der Waals surface area contributed by atoms with Crippen LogP contribution in [-0.2, 0) is 49.0 Å². The summed E-state index contributed by atoms with van der Waals surface area (Å²) in [5.41, 5.74) is 2.21. The van der Waals surface area contributed by atoms with E-state index in [2.05, 4.69) is 0 Å². The topological polar surface area (TPSA) is 222 Å². The zero-order chi connectivity index (χ0) is 35.5. The Labute approximate surface area is 280 Å². The van der Waals surface area contributed by atoms with E-state index in [1.807, 2.05) is 0 Å². The third-order valence-corrected chi connectivity index (χ3v) is 8.88. The number of phenols is 2. The minimum atomic E-state index is -1.54. The van der Waals surface area contributed by atoms with E-state index in [9.17, 15) is 54.6 Å². The van der Waals surface area contributed by atoms with Gasteiger partial charge in [0.25, 0.3) is 0 Å². The van der Waals surface area contributed by atoms with Crippen molar-refractivity contribution in [2.24, 2.45) is 0 Å². The van der Waals surface area contributed by atoms with Gasteiger partial charge in [-0.1, -0.05) is 18.2 Å². The summed E-state index contributed by atoms with van der Waals surface area (Å²) in [5.74, 6) is -5.12. The molecule has 49 heavy (non-hydrogen) atoms. The number of carbonyl (C=O) groups excluding carboxylic acids is 1. The molecule has 3 aromatic carbocycles. The van der Waals surface area contributed by atoms with Crippen molar-refractivity contribution in [3.8, 4) is 11.5 Å². The van der Waals surface area contributed by atoms with Crippen molar-refractivity contribution in [3.63, 3.8) is 0 Å². The van der Waals surface area contributed by atoms with Crippen LogP contribution >= 0.6 is 0 Å². The van der Waals surface area contributed by atoms with E-state index in [0.29, 0.717) is 44.5 Å². The number of aliphatic carboxylic acids is 4. The first-order valence-corrected chi connectivity index (χ1v) is 15.6. The highest BCUT2D eigenvalue weighted by Crippen LogP contribution is 2.53. The van der Waals surface area contributed by atoms with Crippen LogP contribution in [0.4, 0.5) is 0 Å². The number of carbonyl (C=O) groups is 5. The average Bonchev–Trinajstić information content (AvgIpc) is 3.33. The summed E-state index contributed by atoms with van der Waals surface area (Å²) in [4.78, 5) is 62.0. The molecule has 0 saturated carbocycles. The Morgan fingerprint density at radius 1 is 0.633 bits per heavy atom. The molecule has 1 aliphatic carbocycles. The number of hydrogen-bond donors (Lipinski definition) is 6. The molecule has 14 heteroatoms. The van der Waals surface area contributed by atoms with Gasteiger partial charge >= 0.3 is 29.8 Å². The molecule has 0 atom stereocenters. The number of carboxylic acid groups (broad SMARTS) is 4. The van der Waals surface area contributed by atoms with E-state index < -0.39 is 35.4 Å². The van der Waals surface area contributed by atoms with Gasteiger partial charge in [0.1, 0.15) is 11.5 Å². The molecule has 1 spiro atoms. The number of phenolic OH excluding ortho intramolecular Hbond substituents is 2. The molecule has 0 bridgehead atoms. The minimum absolute atomic E-state index is 0.00114. The molecule has 14 nitrogen and oxygen atoms in total. The van der Waals surface area contributed by atoms with Gasteiger partial charge in [-0.2, -0.15) is 0 Å². The zero-order valence-electron chi connectivity index (χ0n) is 26.4. The number of fused-ring (bicyclic) bond motifs is 6. The highest BCUT2D eigenvalue weighted by molar-refractivity contribution is 5.97. The average molecular weight is 677 g/mol. The molecule has 0 radical (unpaired) electrons. The standard InChI is InChI=1S/C35H36N2O12/c38-28-16-20-13-21-17-29(39)23(19-37(11-7-32(44)45)12-8-33(46)47)15-27(21)35(25-4-2-1-3-24(25)34(48)49-35)26(20)14-22(28)18-36(9-5-30(40)41)10-6-31(42)43/h1-4,14-17,38-39H,5-13,18-19H2,(H,40,41)(H,42,43)(H,44,45)(H,46,47). The van der Waals surface area contributed by atoms with Gasteiger partial charge in [-0.05, 0) is 47.9 Å². The fraction of sp³-hybridized carbons (Fsp3) is 0.343. The Hall–Kier alpha value is -5.47. The van der Waals surface area contributed by atoms with Crippen molar-refractivity contribution in [2.45, 2.75) is 50.8 Å². The first-order chi connectivity index (χ1) is 23.3. The van der Waals surface area contributed by atoms with Crippen LogP contribution < -0.4 is 0 Å². The number of esters is 1. The molecule has 1 aliphatic heterocycles. The third-order valence-electron chi connectivity index (χ3n) is 8.88. The van der Waals surface area contributed by atoms with Crippen LogP contribution in [-0.4, -0.2) is 96.5 Å². The summed E-state index contributed by atoms with van der Waals surface area (Å²) >= 11 is 0. The van der Waals surface area contributed by atoms with Gasteiger partial charge < -0.3 is 35.4 Å². The van der Waals surface area contributed by atoms with Crippen LogP contribution in [0.3, 0.4) is 0 Å². The molecule has 3 aromatic rings. The molecule has 1 heterocycles. The second-order valence-electron chi connectivity index (χ2n) is 12.2. The lowest BCUT2D eigenvalue weighted by Gasteiger charge is -2.38. The van der Waals surface area contributed by atoms with Crippen molar-refractivity contribution in [2.75, 3.05) is 26.2 Å². The fourth-order valence-corrected chi connectivity index (χ4v) is 6.56. The summed E-state index contributed by atoms with van der Waals surface area (Å²) < 4.78 is 6.29. The van der Waals surface area contributed by atoms with Gasteiger partial charge in [-0.15, -0.1) is 0 Å². The van der Waals surface area contributed by atoms with Gasteiger partial charge in [0.05, 0.1) is 31.2 Å². The summed E-state index contributed by atoms with van der Waals surface area (Å²) in [5, 5.41) is 59.4. The van der Waals surface area contributed by atoms with Crippen LogP contribution in [0.25, 0.3) is 0 Å². The maximum atomic E-state index is 13.5. The number of aromatic hydroxyl groups is 2. The van der Waals surface area contributed by atoms with Gasteiger partial charge in [-0.25, -0.2) is 4.79 Å². The van der Waals surface area contributed by atoms with Gasteiger partial charge in [0, 0.05) is 67.1 Å². The lowest BCUT2D eigenvalue weighted by atomic mass is 9.70. The second kappa shape index (κ2) is 14.3. The fourth-order valence-electron chi connectivity index (χ4n) is 6.56. The highest BCUT2D eigenvalue weighted by Gasteiger charge is 2.52. The molecule has 258 valence electrons. The first kappa shape index (κ1) is 34.9. The number of carboxylic acids is 4. The van der Waals surface area contributed by atoms with Gasteiger partial charge in [-0.3, -0.25) is 29.0 Å². The number of ether oxygens (including phenoxy) is 1. The molecule has 0 fully saturated rings. The Morgan fingerprint density at radius 2 is 1.04 bits per heavy atom. The summed E-state index contributed by atoms with van der Waals surface area (Å²) in [6.07, 6.45) is -0.797. The predicted molar refractivity (Wildman–Crippen MR) is 170 cm³/mol.